The molecule has 14 heavy (non-hydrogen) atoms. The van der Waals surface area contributed by atoms with Crippen LogP contribution in [0.1, 0.15) is 24.8 Å². The summed E-state index contributed by atoms with van der Waals surface area (Å²) in [4.78, 5) is 0. The molecule has 0 spiro atoms. The van der Waals surface area contributed by atoms with Gasteiger partial charge < -0.3 is 0 Å². The Morgan fingerprint density at radius 2 is 1.50 bits per heavy atom. The fourth-order valence-corrected chi connectivity index (χ4v) is 5.55. The molecule has 0 heterocycles. The second-order valence-corrected chi connectivity index (χ2v) is 7.78. The molecule has 0 aliphatic heterocycles. The lowest BCUT2D eigenvalue weighted by atomic mass is 9.42. The first kappa shape index (κ1) is 9.73. The highest BCUT2D eigenvalue weighted by Gasteiger charge is 2.67. The van der Waals surface area contributed by atoms with Crippen LogP contribution in [0.4, 0.5) is 0 Å². The molecular weight excluding hydrogens is 330 g/mol. The van der Waals surface area contributed by atoms with Gasteiger partial charge in [-0.05, 0) is 48.4 Å². The Bertz CT molecular complexity index is 374. The van der Waals surface area contributed by atoms with Gasteiger partial charge in [0.25, 0.3) is 0 Å². The van der Waals surface area contributed by atoms with Gasteiger partial charge >= 0.3 is 0 Å². The summed E-state index contributed by atoms with van der Waals surface area (Å²) >= 11 is 14.6. The Morgan fingerprint density at radius 3 is 1.93 bits per heavy atom. The molecule has 0 atom stereocenters. The lowest BCUT2D eigenvalue weighted by Crippen LogP contribution is -2.65. The first-order valence-electron chi connectivity index (χ1n) is 4.67. The zero-order valence-corrected chi connectivity index (χ0v) is 11.2. The molecule has 0 unspecified atom stereocenters. The number of hydrogen-bond acceptors (Lipinski definition) is 0. The standard InChI is InChI=1S/C11H9Cl2I/c12-8-1-7(2-9(13)3-8)10-4-11(14,5-10)6-10/h1-3H,4-6H2. The van der Waals surface area contributed by atoms with E-state index in [0.717, 1.165) is 10.0 Å². The minimum absolute atomic E-state index is 0.426. The van der Waals surface area contributed by atoms with Gasteiger partial charge in [0.05, 0.1) is 0 Å². The Labute approximate surface area is 107 Å². The number of hydrogen-bond donors (Lipinski definition) is 0. The van der Waals surface area contributed by atoms with Crippen molar-refractivity contribution >= 4 is 45.8 Å². The average molecular weight is 339 g/mol. The molecule has 1 aromatic rings. The van der Waals surface area contributed by atoms with Crippen molar-refractivity contribution in [2.75, 3.05) is 0 Å². The highest BCUT2D eigenvalue weighted by Crippen LogP contribution is 2.72. The van der Waals surface area contributed by atoms with Gasteiger partial charge in [0.15, 0.2) is 0 Å². The predicted octanol–water partition coefficient (Wildman–Crippen LogP) is 4.60. The maximum Gasteiger partial charge on any atom is 0.0423 e. The predicted molar refractivity (Wildman–Crippen MR) is 68.7 cm³/mol. The quantitative estimate of drug-likeness (QED) is 0.518. The van der Waals surface area contributed by atoms with Crippen LogP contribution in [0.25, 0.3) is 0 Å². The van der Waals surface area contributed by atoms with Gasteiger partial charge in [-0.3, -0.25) is 0 Å². The minimum atomic E-state index is 0.426. The summed E-state index contributed by atoms with van der Waals surface area (Å²) in [6, 6.07) is 5.95. The molecule has 0 N–H and O–H groups in total. The molecule has 0 nitrogen and oxygen atoms in total. The Kier molecular flexibility index (Phi) is 1.95. The molecular formula is C11H9Cl2I. The van der Waals surface area contributed by atoms with Crippen LogP contribution in [-0.2, 0) is 5.41 Å². The number of halogens is 3. The Balaban J connectivity index is 1.98. The fraction of sp³-hybridized carbons (Fsp3) is 0.455. The zero-order chi connectivity index (χ0) is 9.97. The summed E-state index contributed by atoms with van der Waals surface area (Å²) in [6.45, 7) is 0. The highest BCUT2D eigenvalue weighted by molar-refractivity contribution is 14.1. The van der Waals surface area contributed by atoms with E-state index in [2.05, 4.69) is 34.7 Å². The average Bonchev–Trinajstić information content (AvgIpc) is 1.94. The molecule has 3 heteroatoms. The van der Waals surface area contributed by atoms with Crippen molar-refractivity contribution in [3.63, 3.8) is 0 Å². The van der Waals surface area contributed by atoms with Gasteiger partial charge in [-0.1, -0.05) is 45.8 Å². The van der Waals surface area contributed by atoms with Gasteiger partial charge in [0.2, 0.25) is 0 Å². The van der Waals surface area contributed by atoms with Crippen molar-refractivity contribution in [1.29, 1.82) is 0 Å². The van der Waals surface area contributed by atoms with Crippen molar-refractivity contribution in [3.05, 3.63) is 33.8 Å². The van der Waals surface area contributed by atoms with Gasteiger partial charge in [-0.25, -0.2) is 0 Å². The largest absolute Gasteiger partial charge is 0.0843 e. The van der Waals surface area contributed by atoms with Gasteiger partial charge in [0, 0.05) is 13.5 Å². The summed E-state index contributed by atoms with van der Waals surface area (Å²) in [5.41, 5.74) is 1.77. The van der Waals surface area contributed by atoms with E-state index in [0.29, 0.717) is 8.84 Å². The first-order chi connectivity index (χ1) is 6.51. The normalized spacial score (nSPS) is 38.8. The van der Waals surface area contributed by atoms with E-state index in [1.807, 2.05) is 0 Å². The SMILES string of the molecule is Clc1cc(Cl)cc(C23CC(I)(C2)C3)c1. The smallest absolute Gasteiger partial charge is 0.0423 e. The molecule has 0 aromatic heterocycles. The van der Waals surface area contributed by atoms with E-state index in [-0.39, 0.29) is 0 Å². The lowest BCUT2D eigenvalue weighted by Gasteiger charge is -2.68. The Hall–Kier alpha value is 0.530. The maximum absolute atomic E-state index is 6.00. The maximum atomic E-state index is 6.00. The third kappa shape index (κ3) is 1.25. The second-order valence-electron chi connectivity index (χ2n) is 4.62. The first-order valence-corrected chi connectivity index (χ1v) is 6.50. The molecule has 1 aromatic carbocycles. The summed E-state index contributed by atoms with van der Waals surface area (Å²) in [7, 11) is 0. The monoisotopic (exact) mass is 338 g/mol. The van der Waals surface area contributed by atoms with Crippen LogP contribution in [0.3, 0.4) is 0 Å². The molecule has 3 fully saturated rings. The molecule has 3 aliphatic rings. The van der Waals surface area contributed by atoms with Gasteiger partial charge in [-0.2, -0.15) is 0 Å². The van der Waals surface area contributed by atoms with Crippen molar-refractivity contribution in [2.45, 2.75) is 28.1 Å². The molecule has 0 amide bonds. The van der Waals surface area contributed by atoms with E-state index in [1.54, 1.807) is 6.07 Å². The number of benzene rings is 1. The van der Waals surface area contributed by atoms with E-state index in [4.69, 9.17) is 23.2 Å². The van der Waals surface area contributed by atoms with Crippen molar-refractivity contribution in [2.24, 2.45) is 0 Å². The van der Waals surface area contributed by atoms with Crippen LogP contribution in [0.15, 0.2) is 18.2 Å². The zero-order valence-electron chi connectivity index (χ0n) is 7.49. The van der Waals surface area contributed by atoms with Crippen LogP contribution >= 0.6 is 45.8 Å². The topological polar surface area (TPSA) is 0 Å². The van der Waals surface area contributed by atoms with Crippen molar-refractivity contribution < 1.29 is 0 Å². The van der Waals surface area contributed by atoms with E-state index in [1.165, 1.54) is 24.8 Å². The lowest BCUT2D eigenvalue weighted by molar-refractivity contribution is 0.0220. The molecule has 74 valence electrons. The summed E-state index contributed by atoms with van der Waals surface area (Å²) < 4.78 is 0.604. The van der Waals surface area contributed by atoms with Gasteiger partial charge in [-0.15, -0.1) is 0 Å². The molecule has 3 aliphatic carbocycles. The van der Waals surface area contributed by atoms with Crippen molar-refractivity contribution in [1.82, 2.24) is 0 Å². The van der Waals surface area contributed by atoms with Crippen LogP contribution in [0.5, 0.6) is 0 Å². The van der Waals surface area contributed by atoms with Gasteiger partial charge in [0.1, 0.15) is 0 Å². The summed E-state index contributed by atoms with van der Waals surface area (Å²) in [5.74, 6) is 0. The molecule has 3 saturated carbocycles. The summed E-state index contributed by atoms with van der Waals surface area (Å²) in [6.07, 6.45) is 3.91. The van der Waals surface area contributed by atoms with Crippen LogP contribution < -0.4 is 0 Å². The minimum Gasteiger partial charge on any atom is -0.0843 e. The fourth-order valence-electron chi connectivity index (χ4n) is 2.83. The highest BCUT2D eigenvalue weighted by atomic mass is 127. The van der Waals surface area contributed by atoms with E-state index < -0.39 is 0 Å². The third-order valence-electron chi connectivity index (χ3n) is 3.44. The van der Waals surface area contributed by atoms with Crippen LogP contribution in [-0.4, -0.2) is 3.42 Å². The molecule has 4 rings (SSSR count). The second kappa shape index (κ2) is 2.80. The molecule has 2 bridgehead atoms. The van der Waals surface area contributed by atoms with E-state index >= 15 is 0 Å². The van der Waals surface area contributed by atoms with Crippen molar-refractivity contribution in [3.8, 4) is 0 Å². The van der Waals surface area contributed by atoms with Crippen LogP contribution in [0, 0.1) is 0 Å². The van der Waals surface area contributed by atoms with Crippen LogP contribution in [0.2, 0.25) is 10.0 Å². The number of rotatable bonds is 1. The number of alkyl halides is 1. The Morgan fingerprint density at radius 1 is 1.00 bits per heavy atom. The third-order valence-corrected chi connectivity index (χ3v) is 5.02. The summed E-state index contributed by atoms with van der Waals surface area (Å²) in [5, 5.41) is 1.53. The molecule has 0 radical (unpaired) electrons. The molecule has 0 saturated heterocycles. The van der Waals surface area contributed by atoms with E-state index in [9.17, 15) is 0 Å².